The van der Waals surface area contributed by atoms with Crippen LogP contribution in [0.25, 0.3) is 0 Å². The van der Waals surface area contributed by atoms with Crippen molar-refractivity contribution in [1.82, 2.24) is 0 Å². The molecule has 0 saturated carbocycles. The Morgan fingerprint density at radius 3 is 2.55 bits per heavy atom. The maximum atomic E-state index is 12.2. The molecule has 2 rings (SSSR count). The zero-order chi connectivity index (χ0) is 14.5. The Bertz CT molecular complexity index is 612. The maximum absolute atomic E-state index is 12.2. The van der Waals surface area contributed by atoms with E-state index >= 15 is 0 Å². The van der Waals surface area contributed by atoms with Gasteiger partial charge in [-0.05, 0) is 35.9 Å². The van der Waals surface area contributed by atoms with E-state index in [1.54, 1.807) is 30.3 Å². The first kappa shape index (κ1) is 14.4. The number of carbonyl (C=O) groups is 1. The molecule has 1 amide bonds. The second-order valence-electron chi connectivity index (χ2n) is 4.20. The highest BCUT2D eigenvalue weighted by molar-refractivity contribution is 6.31. The first-order valence-corrected chi connectivity index (χ1v) is 6.45. The summed E-state index contributed by atoms with van der Waals surface area (Å²) in [7, 11) is 1.54. The molecule has 5 heteroatoms. The van der Waals surface area contributed by atoms with Gasteiger partial charge in [-0.15, -0.1) is 0 Å². The Morgan fingerprint density at radius 1 is 1.25 bits per heavy atom. The summed E-state index contributed by atoms with van der Waals surface area (Å²) in [6.45, 7) is 0.448. The molecule has 0 fully saturated rings. The SMILES string of the molecule is COc1ccc(Cl)cc1NC(=O)c1ccc(CN)cc1. The molecule has 104 valence electrons. The molecule has 0 aliphatic carbocycles. The predicted molar refractivity (Wildman–Crippen MR) is 80.3 cm³/mol. The smallest absolute Gasteiger partial charge is 0.255 e. The van der Waals surface area contributed by atoms with Gasteiger partial charge in [0, 0.05) is 17.1 Å². The van der Waals surface area contributed by atoms with E-state index < -0.39 is 0 Å². The summed E-state index contributed by atoms with van der Waals surface area (Å²) in [6, 6.07) is 12.2. The van der Waals surface area contributed by atoms with Gasteiger partial charge in [0.2, 0.25) is 0 Å². The quantitative estimate of drug-likeness (QED) is 0.909. The molecule has 20 heavy (non-hydrogen) atoms. The first-order chi connectivity index (χ1) is 9.63. The van der Waals surface area contributed by atoms with Gasteiger partial charge in [-0.25, -0.2) is 0 Å². The number of methoxy groups -OCH3 is 1. The molecule has 0 spiro atoms. The highest BCUT2D eigenvalue weighted by atomic mass is 35.5. The average molecular weight is 291 g/mol. The van der Waals surface area contributed by atoms with Crippen molar-refractivity contribution in [1.29, 1.82) is 0 Å². The summed E-state index contributed by atoms with van der Waals surface area (Å²) in [6.07, 6.45) is 0. The Morgan fingerprint density at radius 2 is 1.95 bits per heavy atom. The zero-order valence-electron chi connectivity index (χ0n) is 11.0. The van der Waals surface area contributed by atoms with E-state index in [9.17, 15) is 4.79 Å². The molecule has 0 aliphatic rings. The minimum absolute atomic E-state index is 0.228. The largest absolute Gasteiger partial charge is 0.495 e. The Hall–Kier alpha value is -2.04. The van der Waals surface area contributed by atoms with Crippen LogP contribution in [0.4, 0.5) is 5.69 Å². The van der Waals surface area contributed by atoms with E-state index in [0.717, 1.165) is 5.56 Å². The number of nitrogens with one attached hydrogen (secondary N) is 1. The molecule has 0 heterocycles. The van der Waals surface area contributed by atoms with Crippen LogP contribution < -0.4 is 15.8 Å². The van der Waals surface area contributed by atoms with Gasteiger partial charge in [0.1, 0.15) is 5.75 Å². The first-order valence-electron chi connectivity index (χ1n) is 6.08. The van der Waals surface area contributed by atoms with Crippen molar-refractivity contribution >= 4 is 23.2 Å². The monoisotopic (exact) mass is 290 g/mol. The third-order valence-electron chi connectivity index (χ3n) is 2.86. The number of anilines is 1. The number of halogens is 1. The van der Waals surface area contributed by atoms with Crippen molar-refractivity contribution in [2.24, 2.45) is 5.73 Å². The van der Waals surface area contributed by atoms with Gasteiger partial charge in [0.05, 0.1) is 12.8 Å². The standard InChI is InChI=1S/C15H15ClN2O2/c1-20-14-7-6-12(16)8-13(14)18-15(19)11-4-2-10(9-17)3-5-11/h2-8H,9,17H2,1H3,(H,18,19). The molecule has 3 N–H and O–H groups in total. The lowest BCUT2D eigenvalue weighted by Gasteiger charge is -2.10. The molecule has 0 bridgehead atoms. The second-order valence-corrected chi connectivity index (χ2v) is 4.64. The van der Waals surface area contributed by atoms with Crippen molar-refractivity contribution in [2.75, 3.05) is 12.4 Å². The topological polar surface area (TPSA) is 64.3 Å². The number of carbonyl (C=O) groups excluding carboxylic acids is 1. The minimum Gasteiger partial charge on any atom is -0.495 e. The highest BCUT2D eigenvalue weighted by Crippen LogP contribution is 2.28. The minimum atomic E-state index is -0.228. The van der Waals surface area contributed by atoms with Crippen LogP contribution >= 0.6 is 11.6 Å². The summed E-state index contributed by atoms with van der Waals surface area (Å²) in [5, 5.41) is 3.30. The fraction of sp³-hybridized carbons (Fsp3) is 0.133. The van der Waals surface area contributed by atoms with Crippen LogP contribution in [0, 0.1) is 0 Å². The van der Waals surface area contributed by atoms with Gasteiger partial charge in [-0.2, -0.15) is 0 Å². The van der Waals surface area contributed by atoms with Crippen molar-refractivity contribution < 1.29 is 9.53 Å². The van der Waals surface area contributed by atoms with Gasteiger partial charge in [0.25, 0.3) is 5.91 Å². The van der Waals surface area contributed by atoms with Gasteiger partial charge >= 0.3 is 0 Å². The fourth-order valence-corrected chi connectivity index (χ4v) is 1.94. The number of ether oxygens (including phenoxy) is 1. The van der Waals surface area contributed by atoms with Crippen LogP contribution in [0.1, 0.15) is 15.9 Å². The number of rotatable bonds is 4. The number of nitrogens with two attached hydrogens (primary N) is 1. The van der Waals surface area contributed by atoms with Crippen LogP contribution in [0.3, 0.4) is 0 Å². The normalized spacial score (nSPS) is 10.2. The molecule has 4 nitrogen and oxygen atoms in total. The van der Waals surface area contributed by atoms with Crippen molar-refractivity contribution in [2.45, 2.75) is 6.54 Å². The van der Waals surface area contributed by atoms with Crippen LogP contribution in [0.2, 0.25) is 5.02 Å². The lowest BCUT2D eigenvalue weighted by atomic mass is 10.1. The van der Waals surface area contributed by atoms with Crippen LogP contribution in [-0.2, 0) is 6.54 Å². The van der Waals surface area contributed by atoms with E-state index in [-0.39, 0.29) is 5.91 Å². The number of hydrogen-bond acceptors (Lipinski definition) is 3. The summed E-state index contributed by atoms with van der Waals surface area (Å²) in [5.41, 5.74) is 7.58. The molecule has 0 unspecified atom stereocenters. The van der Waals surface area contributed by atoms with Crippen molar-refractivity contribution in [3.63, 3.8) is 0 Å². The van der Waals surface area contributed by atoms with E-state index in [1.165, 1.54) is 7.11 Å². The molecular weight excluding hydrogens is 276 g/mol. The van der Waals surface area contributed by atoms with E-state index in [2.05, 4.69) is 5.32 Å². The summed E-state index contributed by atoms with van der Waals surface area (Å²) >= 11 is 5.92. The van der Waals surface area contributed by atoms with Gasteiger partial charge < -0.3 is 15.8 Å². The highest BCUT2D eigenvalue weighted by Gasteiger charge is 2.10. The van der Waals surface area contributed by atoms with Crippen LogP contribution in [0.15, 0.2) is 42.5 Å². The molecule has 0 aliphatic heterocycles. The Balaban J connectivity index is 2.20. The van der Waals surface area contributed by atoms with Crippen molar-refractivity contribution in [3.8, 4) is 5.75 Å². The second kappa shape index (κ2) is 6.41. The number of hydrogen-bond donors (Lipinski definition) is 2. The summed E-state index contributed by atoms with van der Waals surface area (Å²) in [4.78, 5) is 12.2. The van der Waals surface area contributed by atoms with Crippen molar-refractivity contribution in [3.05, 3.63) is 58.6 Å². The summed E-state index contributed by atoms with van der Waals surface area (Å²) in [5.74, 6) is 0.329. The average Bonchev–Trinajstić information content (AvgIpc) is 2.47. The molecule has 0 radical (unpaired) electrons. The van der Waals surface area contributed by atoms with Gasteiger partial charge in [-0.1, -0.05) is 23.7 Å². The zero-order valence-corrected chi connectivity index (χ0v) is 11.8. The van der Waals surface area contributed by atoms with Crippen LogP contribution in [-0.4, -0.2) is 13.0 Å². The molecular formula is C15H15ClN2O2. The lowest BCUT2D eigenvalue weighted by molar-refractivity contribution is 0.102. The molecule has 2 aromatic carbocycles. The Kier molecular flexibility index (Phi) is 4.61. The molecule has 0 atom stereocenters. The fourth-order valence-electron chi connectivity index (χ4n) is 1.76. The van der Waals surface area contributed by atoms with Crippen LogP contribution in [0.5, 0.6) is 5.75 Å². The number of benzene rings is 2. The predicted octanol–water partition coefficient (Wildman–Crippen LogP) is 3.06. The number of amides is 1. The molecule has 2 aromatic rings. The van der Waals surface area contributed by atoms with Gasteiger partial charge in [0.15, 0.2) is 0 Å². The third kappa shape index (κ3) is 3.29. The van der Waals surface area contributed by atoms with E-state index in [1.807, 2.05) is 12.1 Å². The Labute approximate surface area is 122 Å². The van der Waals surface area contributed by atoms with E-state index in [0.29, 0.717) is 28.6 Å². The molecule has 0 saturated heterocycles. The molecule has 0 aromatic heterocycles. The third-order valence-corrected chi connectivity index (χ3v) is 3.10. The lowest BCUT2D eigenvalue weighted by Crippen LogP contribution is -2.12. The van der Waals surface area contributed by atoms with Gasteiger partial charge in [-0.3, -0.25) is 4.79 Å². The maximum Gasteiger partial charge on any atom is 0.255 e. The summed E-state index contributed by atoms with van der Waals surface area (Å²) < 4.78 is 5.18. The van der Waals surface area contributed by atoms with E-state index in [4.69, 9.17) is 22.1 Å².